The average Bonchev–Trinajstić information content (AvgIpc) is 2.44. The molecule has 2 rings (SSSR count). The SMILES string of the molecule is COc1ccccc1CNc1cc(C(F)(F)F)nc(N)n1. The number of halogens is 3. The van der Waals surface area contributed by atoms with E-state index in [0.29, 0.717) is 5.75 Å². The van der Waals surface area contributed by atoms with Crippen LogP contribution in [0.25, 0.3) is 0 Å². The maximum absolute atomic E-state index is 12.6. The number of ether oxygens (including phenoxy) is 1. The van der Waals surface area contributed by atoms with Crippen LogP contribution in [0.2, 0.25) is 0 Å². The van der Waals surface area contributed by atoms with Gasteiger partial charge >= 0.3 is 6.18 Å². The quantitative estimate of drug-likeness (QED) is 0.908. The Morgan fingerprint density at radius 1 is 1.24 bits per heavy atom. The van der Waals surface area contributed by atoms with Crippen molar-refractivity contribution in [2.45, 2.75) is 12.7 Å². The van der Waals surface area contributed by atoms with Crippen LogP contribution >= 0.6 is 0 Å². The van der Waals surface area contributed by atoms with Gasteiger partial charge in [-0.2, -0.15) is 18.2 Å². The Balaban J connectivity index is 2.19. The Hall–Kier alpha value is -2.51. The smallest absolute Gasteiger partial charge is 0.433 e. The lowest BCUT2D eigenvalue weighted by atomic mass is 10.2. The molecule has 21 heavy (non-hydrogen) atoms. The molecule has 0 fully saturated rings. The summed E-state index contributed by atoms with van der Waals surface area (Å²) in [6.45, 7) is 0.248. The fraction of sp³-hybridized carbons (Fsp3) is 0.231. The highest BCUT2D eigenvalue weighted by Gasteiger charge is 2.33. The van der Waals surface area contributed by atoms with Crippen LogP contribution in [0.15, 0.2) is 30.3 Å². The molecule has 1 heterocycles. The van der Waals surface area contributed by atoms with Gasteiger partial charge in [0.15, 0.2) is 5.69 Å². The number of nitrogen functional groups attached to an aromatic ring is 1. The number of anilines is 2. The van der Waals surface area contributed by atoms with Crippen LogP contribution in [-0.2, 0) is 12.7 Å². The van der Waals surface area contributed by atoms with Crippen LogP contribution in [0.1, 0.15) is 11.3 Å². The first-order valence-corrected chi connectivity index (χ1v) is 5.97. The van der Waals surface area contributed by atoms with Crippen molar-refractivity contribution in [1.82, 2.24) is 9.97 Å². The molecule has 2 aromatic rings. The summed E-state index contributed by atoms with van der Waals surface area (Å²) in [6, 6.07) is 7.96. The number of hydrogen-bond acceptors (Lipinski definition) is 5. The highest BCUT2D eigenvalue weighted by atomic mass is 19.4. The normalized spacial score (nSPS) is 11.2. The summed E-state index contributed by atoms with van der Waals surface area (Å²) in [5, 5.41) is 2.78. The summed E-state index contributed by atoms with van der Waals surface area (Å²) >= 11 is 0. The van der Waals surface area contributed by atoms with Gasteiger partial charge in [-0.15, -0.1) is 0 Å². The number of hydrogen-bond donors (Lipinski definition) is 2. The number of aromatic nitrogens is 2. The maximum Gasteiger partial charge on any atom is 0.433 e. The molecule has 1 aromatic carbocycles. The van der Waals surface area contributed by atoms with Gasteiger partial charge in [-0.1, -0.05) is 18.2 Å². The van der Waals surface area contributed by atoms with Crippen LogP contribution in [0, 0.1) is 0 Å². The molecule has 0 radical (unpaired) electrons. The van der Waals surface area contributed by atoms with Crippen molar-refractivity contribution in [3.05, 3.63) is 41.6 Å². The number of para-hydroxylation sites is 1. The zero-order valence-corrected chi connectivity index (χ0v) is 11.1. The minimum atomic E-state index is -4.57. The molecule has 0 aliphatic rings. The van der Waals surface area contributed by atoms with Gasteiger partial charge in [0.2, 0.25) is 5.95 Å². The lowest BCUT2D eigenvalue weighted by molar-refractivity contribution is -0.141. The first kappa shape index (κ1) is 14.9. The highest BCUT2D eigenvalue weighted by Crippen LogP contribution is 2.29. The van der Waals surface area contributed by atoms with Gasteiger partial charge in [0.25, 0.3) is 0 Å². The zero-order chi connectivity index (χ0) is 15.5. The summed E-state index contributed by atoms with van der Waals surface area (Å²) < 4.78 is 43.1. The van der Waals surface area contributed by atoms with Crippen molar-refractivity contribution >= 4 is 11.8 Å². The van der Waals surface area contributed by atoms with Crippen LogP contribution in [0.5, 0.6) is 5.75 Å². The molecule has 5 nitrogen and oxygen atoms in total. The monoisotopic (exact) mass is 298 g/mol. The number of benzene rings is 1. The molecule has 0 saturated carbocycles. The number of methoxy groups -OCH3 is 1. The summed E-state index contributed by atoms with van der Waals surface area (Å²) in [6.07, 6.45) is -4.57. The fourth-order valence-corrected chi connectivity index (χ4v) is 1.74. The van der Waals surface area contributed by atoms with E-state index in [0.717, 1.165) is 11.6 Å². The molecule has 0 unspecified atom stereocenters. The summed E-state index contributed by atoms with van der Waals surface area (Å²) in [5.41, 5.74) is 4.99. The Kier molecular flexibility index (Phi) is 4.15. The van der Waals surface area contributed by atoms with Gasteiger partial charge in [0, 0.05) is 18.2 Å². The molecule has 0 spiro atoms. The van der Waals surface area contributed by atoms with Crippen LogP contribution < -0.4 is 15.8 Å². The molecule has 0 amide bonds. The first-order chi connectivity index (χ1) is 9.90. The second-order valence-corrected chi connectivity index (χ2v) is 4.16. The van der Waals surface area contributed by atoms with Crippen LogP contribution in [0.4, 0.5) is 24.9 Å². The Bertz CT molecular complexity index is 631. The third kappa shape index (κ3) is 3.74. The highest BCUT2D eigenvalue weighted by molar-refractivity contribution is 5.43. The summed E-state index contributed by atoms with van der Waals surface area (Å²) in [7, 11) is 1.52. The van der Waals surface area contributed by atoms with Crippen LogP contribution in [-0.4, -0.2) is 17.1 Å². The molecule has 0 saturated heterocycles. The molecular formula is C13H13F3N4O. The van der Waals surface area contributed by atoms with Crippen molar-refractivity contribution in [2.75, 3.05) is 18.2 Å². The minimum absolute atomic E-state index is 0.000677. The van der Waals surface area contributed by atoms with E-state index in [2.05, 4.69) is 15.3 Å². The van der Waals surface area contributed by atoms with E-state index in [9.17, 15) is 13.2 Å². The van der Waals surface area contributed by atoms with Gasteiger partial charge in [-0.3, -0.25) is 0 Å². The van der Waals surface area contributed by atoms with Gasteiger partial charge < -0.3 is 15.8 Å². The molecule has 0 atom stereocenters. The van der Waals surface area contributed by atoms with E-state index in [1.54, 1.807) is 24.3 Å². The summed E-state index contributed by atoms with van der Waals surface area (Å²) in [5.74, 6) is 0.191. The first-order valence-electron chi connectivity index (χ1n) is 5.97. The number of nitrogens with one attached hydrogen (secondary N) is 1. The van der Waals surface area contributed by atoms with Crippen LogP contribution in [0.3, 0.4) is 0 Å². The Labute approximate surface area is 119 Å². The standard InChI is InChI=1S/C13H13F3N4O/c1-21-9-5-3-2-4-8(9)7-18-11-6-10(13(14,15)16)19-12(17)20-11/h2-6H,7H2,1H3,(H3,17,18,19,20). The zero-order valence-electron chi connectivity index (χ0n) is 11.1. The lowest BCUT2D eigenvalue weighted by Gasteiger charge is -2.12. The Morgan fingerprint density at radius 2 is 1.95 bits per heavy atom. The van der Waals surface area contributed by atoms with E-state index < -0.39 is 17.8 Å². The van der Waals surface area contributed by atoms with E-state index in [1.165, 1.54) is 7.11 Å². The number of alkyl halides is 3. The molecule has 0 aliphatic heterocycles. The molecule has 8 heteroatoms. The van der Waals surface area contributed by atoms with E-state index in [-0.39, 0.29) is 12.4 Å². The van der Waals surface area contributed by atoms with E-state index in [4.69, 9.17) is 10.5 Å². The van der Waals surface area contributed by atoms with Crippen molar-refractivity contribution in [3.8, 4) is 5.75 Å². The third-order valence-electron chi connectivity index (χ3n) is 2.69. The molecule has 112 valence electrons. The van der Waals surface area contributed by atoms with Crippen molar-refractivity contribution in [2.24, 2.45) is 0 Å². The lowest BCUT2D eigenvalue weighted by Crippen LogP contribution is -2.13. The van der Waals surface area contributed by atoms with Gasteiger partial charge in [0.1, 0.15) is 11.6 Å². The average molecular weight is 298 g/mol. The third-order valence-corrected chi connectivity index (χ3v) is 2.69. The molecular weight excluding hydrogens is 285 g/mol. The number of nitrogens with zero attached hydrogens (tertiary/aromatic N) is 2. The summed E-state index contributed by atoms with van der Waals surface area (Å²) in [4.78, 5) is 6.90. The van der Waals surface area contributed by atoms with Gasteiger partial charge in [-0.05, 0) is 6.07 Å². The topological polar surface area (TPSA) is 73.1 Å². The van der Waals surface area contributed by atoms with Crippen molar-refractivity contribution in [1.29, 1.82) is 0 Å². The van der Waals surface area contributed by atoms with Crippen molar-refractivity contribution in [3.63, 3.8) is 0 Å². The van der Waals surface area contributed by atoms with Gasteiger partial charge in [-0.25, -0.2) is 4.98 Å². The maximum atomic E-state index is 12.6. The number of nitrogens with two attached hydrogens (primary N) is 1. The van der Waals surface area contributed by atoms with E-state index in [1.807, 2.05) is 0 Å². The molecule has 0 aliphatic carbocycles. The second kappa shape index (κ2) is 5.86. The fourth-order valence-electron chi connectivity index (χ4n) is 1.74. The molecule has 0 bridgehead atoms. The minimum Gasteiger partial charge on any atom is -0.496 e. The second-order valence-electron chi connectivity index (χ2n) is 4.16. The molecule has 1 aromatic heterocycles. The predicted octanol–water partition coefficient (Wildman–Crippen LogP) is 2.70. The number of rotatable bonds is 4. The molecule has 3 N–H and O–H groups in total. The van der Waals surface area contributed by atoms with Crippen molar-refractivity contribution < 1.29 is 17.9 Å². The largest absolute Gasteiger partial charge is 0.496 e. The predicted molar refractivity (Wildman–Crippen MR) is 71.8 cm³/mol. The van der Waals surface area contributed by atoms with E-state index >= 15 is 0 Å². The van der Waals surface area contributed by atoms with Gasteiger partial charge in [0.05, 0.1) is 7.11 Å². The Morgan fingerprint density at radius 3 is 2.62 bits per heavy atom.